The first-order valence-electron chi connectivity index (χ1n) is 13.7. The number of morpholine rings is 1. The van der Waals surface area contributed by atoms with Gasteiger partial charge in [0, 0.05) is 69.4 Å². The molecule has 0 radical (unpaired) electrons. The van der Waals surface area contributed by atoms with Crippen molar-refractivity contribution in [2.24, 2.45) is 0 Å². The molecule has 10 heteroatoms. The number of anilines is 1. The van der Waals surface area contributed by atoms with Crippen LogP contribution in [0.5, 0.6) is 0 Å². The maximum atomic E-state index is 11.8. The van der Waals surface area contributed by atoms with Crippen molar-refractivity contribution in [2.75, 3.05) is 51.3 Å². The predicted molar refractivity (Wildman–Crippen MR) is 154 cm³/mol. The highest BCUT2D eigenvalue weighted by Gasteiger charge is 2.25. The minimum atomic E-state index is 0.145. The molecule has 0 bridgehead atoms. The third-order valence-corrected chi connectivity index (χ3v) is 8.90. The number of rotatable bonds is 6. The molecule has 204 valence electrons. The molecule has 6 rings (SSSR count). The highest BCUT2D eigenvalue weighted by atomic mass is 32.1. The van der Waals surface area contributed by atoms with Crippen molar-refractivity contribution >= 4 is 33.3 Å². The number of aryl methyl sites for hydroxylation is 1. The van der Waals surface area contributed by atoms with Gasteiger partial charge in [0.1, 0.15) is 0 Å². The van der Waals surface area contributed by atoms with Gasteiger partial charge in [0.05, 0.1) is 29.1 Å². The first-order chi connectivity index (χ1) is 18.9. The van der Waals surface area contributed by atoms with E-state index in [2.05, 4.69) is 47.1 Å². The van der Waals surface area contributed by atoms with Crippen molar-refractivity contribution in [2.45, 2.75) is 39.3 Å². The predicted octanol–water partition coefficient (Wildman–Crippen LogP) is 4.13. The lowest BCUT2D eigenvalue weighted by atomic mass is 10.0. The molecule has 0 saturated carbocycles. The third-order valence-electron chi connectivity index (χ3n) is 7.79. The summed E-state index contributed by atoms with van der Waals surface area (Å²) < 4.78 is 8.53. The number of aromatic nitrogens is 4. The standard InChI is InChI=1S/C29H35N7O2S/c1-20-5-4-6-22(17-20)25-9-12-36(32-25)29-30-26-18-24(19-34-10-7-23(8-11-34)33(3)21(2)37)39-27(26)28(31-29)35-13-15-38-16-14-35/h4-6,9,12,17-18,23H,7-8,10-11,13-16,19H2,1-3H3. The van der Waals surface area contributed by atoms with Gasteiger partial charge in [-0.2, -0.15) is 10.1 Å². The maximum Gasteiger partial charge on any atom is 0.253 e. The van der Waals surface area contributed by atoms with Gasteiger partial charge in [0.2, 0.25) is 5.91 Å². The van der Waals surface area contributed by atoms with Gasteiger partial charge >= 0.3 is 0 Å². The average Bonchev–Trinajstić information content (AvgIpc) is 3.60. The number of nitrogens with zero attached hydrogens (tertiary/aromatic N) is 7. The summed E-state index contributed by atoms with van der Waals surface area (Å²) in [5.74, 6) is 1.69. The van der Waals surface area contributed by atoms with E-state index in [4.69, 9.17) is 19.8 Å². The van der Waals surface area contributed by atoms with Gasteiger partial charge in [-0.1, -0.05) is 23.8 Å². The molecule has 0 aliphatic carbocycles. The van der Waals surface area contributed by atoms with Gasteiger partial charge in [-0.05, 0) is 38.0 Å². The first kappa shape index (κ1) is 25.9. The molecule has 3 aromatic heterocycles. The van der Waals surface area contributed by atoms with E-state index in [0.717, 1.165) is 72.9 Å². The molecule has 1 amide bonds. The smallest absolute Gasteiger partial charge is 0.253 e. The van der Waals surface area contributed by atoms with Crippen molar-refractivity contribution in [1.82, 2.24) is 29.5 Å². The van der Waals surface area contributed by atoms with E-state index in [1.165, 1.54) is 10.4 Å². The minimum absolute atomic E-state index is 0.145. The minimum Gasteiger partial charge on any atom is -0.378 e. The molecular formula is C29H35N7O2S. The van der Waals surface area contributed by atoms with Gasteiger partial charge in [0.25, 0.3) is 5.95 Å². The van der Waals surface area contributed by atoms with Crippen LogP contribution in [0.15, 0.2) is 42.6 Å². The Morgan fingerprint density at radius 2 is 1.90 bits per heavy atom. The van der Waals surface area contributed by atoms with Crippen LogP contribution >= 0.6 is 11.3 Å². The van der Waals surface area contributed by atoms with Crippen LogP contribution in [-0.4, -0.2) is 87.9 Å². The summed E-state index contributed by atoms with van der Waals surface area (Å²) in [6, 6.07) is 12.9. The number of amides is 1. The largest absolute Gasteiger partial charge is 0.378 e. The van der Waals surface area contributed by atoms with E-state index in [0.29, 0.717) is 25.2 Å². The molecule has 2 aliphatic rings. The lowest BCUT2D eigenvalue weighted by Crippen LogP contribution is -2.44. The second-order valence-electron chi connectivity index (χ2n) is 10.5. The zero-order chi connectivity index (χ0) is 26.9. The molecular weight excluding hydrogens is 510 g/mol. The number of ether oxygens (including phenoxy) is 1. The first-order valence-corrected chi connectivity index (χ1v) is 14.5. The molecule has 2 saturated heterocycles. The second kappa shape index (κ2) is 11.0. The number of piperidine rings is 1. The number of carbonyl (C=O) groups is 1. The van der Waals surface area contributed by atoms with Gasteiger partial charge < -0.3 is 14.5 Å². The second-order valence-corrected chi connectivity index (χ2v) is 11.7. The molecule has 0 N–H and O–H groups in total. The van der Waals surface area contributed by atoms with E-state index < -0.39 is 0 Å². The molecule has 39 heavy (non-hydrogen) atoms. The summed E-state index contributed by atoms with van der Waals surface area (Å²) in [6.07, 6.45) is 3.95. The zero-order valence-corrected chi connectivity index (χ0v) is 23.7. The molecule has 4 aromatic rings. The molecule has 9 nitrogen and oxygen atoms in total. The van der Waals surface area contributed by atoms with Crippen molar-refractivity contribution in [3.8, 4) is 17.2 Å². The summed E-state index contributed by atoms with van der Waals surface area (Å²) in [5, 5.41) is 4.83. The Bertz CT molecular complexity index is 1470. The SMILES string of the molecule is CC(=O)N(C)C1CCN(Cc2cc3nc(-n4ccc(-c5cccc(C)c5)n4)nc(N4CCOCC4)c3s2)CC1. The van der Waals surface area contributed by atoms with Crippen LogP contribution in [0.1, 0.15) is 30.2 Å². The Hall–Kier alpha value is -3.34. The van der Waals surface area contributed by atoms with Crippen LogP contribution in [0.25, 0.3) is 27.4 Å². The van der Waals surface area contributed by atoms with Crippen LogP contribution < -0.4 is 4.90 Å². The van der Waals surface area contributed by atoms with Crippen LogP contribution in [0.3, 0.4) is 0 Å². The summed E-state index contributed by atoms with van der Waals surface area (Å²) in [6.45, 7) is 9.61. The fourth-order valence-corrected chi connectivity index (χ4v) is 6.61. The van der Waals surface area contributed by atoms with E-state index >= 15 is 0 Å². The summed E-state index contributed by atoms with van der Waals surface area (Å²) in [5.41, 5.74) is 4.15. The molecule has 0 spiro atoms. The summed E-state index contributed by atoms with van der Waals surface area (Å²) >= 11 is 1.79. The number of likely N-dealkylation sites (tertiary alicyclic amines) is 1. The topological polar surface area (TPSA) is 79.6 Å². The highest BCUT2D eigenvalue weighted by molar-refractivity contribution is 7.19. The number of thiophene rings is 1. The van der Waals surface area contributed by atoms with Crippen LogP contribution in [-0.2, 0) is 16.1 Å². The fourth-order valence-electron chi connectivity index (χ4n) is 5.46. The maximum absolute atomic E-state index is 11.8. The number of benzene rings is 1. The highest BCUT2D eigenvalue weighted by Crippen LogP contribution is 2.34. The number of carbonyl (C=O) groups excluding carboxylic acids is 1. The normalized spacial score (nSPS) is 17.2. The van der Waals surface area contributed by atoms with Crippen molar-refractivity contribution in [3.05, 3.63) is 53.0 Å². The third kappa shape index (κ3) is 5.54. The Labute approximate surface area is 233 Å². The molecule has 0 atom stereocenters. The molecule has 2 fully saturated rings. The Morgan fingerprint density at radius 1 is 1.10 bits per heavy atom. The number of hydrogen-bond donors (Lipinski definition) is 0. The Morgan fingerprint density at radius 3 is 2.64 bits per heavy atom. The van der Waals surface area contributed by atoms with E-state index in [1.807, 2.05) is 24.2 Å². The molecule has 5 heterocycles. The van der Waals surface area contributed by atoms with Crippen LogP contribution in [0, 0.1) is 6.92 Å². The van der Waals surface area contributed by atoms with E-state index in [9.17, 15) is 4.79 Å². The number of hydrogen-bond acceptors (Lipinski definition) is 8. The van der Waals surface area contributed by atoms with Crippen LogP contribution in [0.4, 0.5) is 5.82 Å². The molecule has 2 aliphatic heterocycles. The van der Waals surface area contributed by atoms with E-state index in [-0.39, 0.29) is 5.91 Å². The van der Waals surface area contributed by atoms with Gasteiger partial charge in [0.15, 0.2) is 5.82 Å². The Balaban J connectivity index is 1.28. The fraction of sp³-hybridized carbons (Fsp3) is 0.448. The monoisotopic (exact) mass is 545 g/mol. The van der Waals surface area contributed by atoms with E-state index in [1.54, 1.807) is 22.9 Å². The quantitative estimate of drug-likeness (QED) is 0.360. The van der Waals surface area contributed by atoms with Crippen molar-refractivity contribution in [3.63, 3.8) is 0 Å². The van der Waals surface area contributed by atoms with Gasteiger partial charge in [-0.25, -0.2) is 9.67 Å². The van der Waals surface area contributed by atoms with Gasteiger partial charge in [-0.15, -0.1) is 11.3 Å². The summed E-state index contributed by atoms with van der Waals surface area (Å²) in [4.78, 5) is 29.8. The lowest BCUT2D eigenvalue weighted by molar-refractivity contribution is -0.130. The van der Waals surface area contributed by atoms with Gasteiger partial charge in [-0.3, -0.25) is 9.69 Å². The molecule has 0 unspecified atom stereocenters. The lowest BCUT2D eigenvalue weighted by Gasteiger charge is -2.36. The summed E-state index contributed by atoms with van der Waals surface area (Å²) in [7, 11) is 1.92. The average molecular weight is 546 g/mol. The van der Waals surface area contributed by atoms with Crippen molar-refractivity contribution < 1.29 is 9.53 Å². The number of fused-ring (bicyclic) bond motifs is 1. The zero-order valence-electron chi connectivity index (χ0n) is 22.8. The van der Waals surface area contributed by atoms with Crippen LogP contribution in [0.2, 0.25) is 0 Å². The van der Waals surface area contributed by atoms with Crippen molar-refractivity contribution in [1.29, 1.82) is 0 Å². The molecule has 1 aromatic carbocycles. The Kier molecular flexibility index (Phi) is 7.33.